The summed E-state index contributed by atoms with van der Waals surface area (Å²) in [7, 11) is 3.09. The zero-order valence-corrected chi connectivity index (χ0v) is 18.0. The Morgan fingerprint density at radius 2 is 1.75 bits per heavy atom. The third-order valence-electron chi connectivity index (χ3n) is 4.86. The Morgan fingerprint density at radius 1 is 0.906 bits per heavy atom. The number of Topliss-reactive ketones (excluding diaryl/α,β-unsaturated/α-hetero) is 1. The predicted octanol–water partition coefficient (Wildman–Crippen LogP) is 4.99. The summed E-state index contributed by atoms with van der Waals surface area (Å²) in [4.78, 5) is 17.0. The monoisotopic (exact) mass is 430 g/mol. The maximum atomic E-state index is 12.5. The van der Waals surface area contributed by atoms with Gasteiger partial charge >= 0.3 is 0 Å². The Labute approximate surface area is 185 Å². The minimum absolute atomic E-state index is 0.136. The van der Waals surface area contributed by atoms with Crippen LogP contribution in [0.4, 0.5) is 0 Å². The molecule has 0 atom stereocenters. The minimum atomic E-state index is -0.170. The highest BCUT2D eigenvalue weighted by molar-refractivity contribution is 5.97. The number of aromatic nitrogens is 2. The van der Waals surface area contributed by atoms with E-state index in [4.69, 9.17) is 18.7 Å². The van der Waals surface area contributed by atoms with Gasteiger partial charge in [0.15, 0.2) is 23.9 Å². The SMILES string of the molecule is COc1cccc(C(=O)COc2ccc(-c3noc(-c4cccc(C)c4)n3)cc2OC)c1. The summed E-state index contributed by atoms with van der Waals surface area (Å²) in [6, 6.07) is 20.0. The standard InChI is InChI=1S/C25H22N2O5/c1-16-6-4-8-19(12-16)25-26-24(27-32-25)18-10-11-22(23(14-18)30-3)31-15-21(28)17-7-5-9-20(13-17)29-2/h4-14H,15H2,1-3H3. The lowest BCUT2D eigenvalue weighted by Crippen LogP contribution is -2.12. The lowest BCUT2D eigenvalue weighted by Gasteiger charge is -2.11. The molecule has 162 valence electrons. The normalized spacial score (nSPS) is 10.6. The van der Waals surface area contributed by atoms with Crippen molar-refractivity contribution in [2.75, 3.05) is 20.8 Å². The average molecular weight is 430 g/mol. The van der Waals surface area contributed by atoms with Gasteiger partial charge in [0, 0.05) is 16.7 Å². The van der Waals surface area contributed by atoms with E-state index < -0.39 is 0 Å². The van der Waals surface area contributed by atoms with Crippen LogP contribution in [0.5, 0.6) is 17.2 Å². The average Bonchev–Trinajstić information content (AvgIpc) is 3.33. The highest BCUT2D eigenvalue weighted by Gasteiger charge is 2.15. The summed E-state index contributed by atoms with van der Waals surface area (Å²) in [6.07, 6.45) is 0. The van der Waals surface area contributed by atoms with Gasteiger partial charge < -0.3 is 18.7 Å². The minimum Gasteiger partial charge on any atom is -0.497 e. The molecule has 4 aromatic rings. The van der Waals surface area contributed by atoms with Gasteiger partial charge in [-0.1, -0.05) is 35.0 Å². The highest BCUT2D eigenvalue weighted by atomic mass is 16.5. The van der Waals surface area contributed by atoms with Crippen LogP contribution in [0.2, 0.25) is 0 Å². The molecule has 0 fully saturated rings. The van der Waals surface area contributed by atoms with Gasteiger partial charge in [-0.25, -0.2) is 0 Å². The molecular weight excluding hydrogens is 408 g/mol. The van der Waals surface area contributed by atoms with E-state index >= 15 is 0 Å². The van der Waals surface area contributed by atoms with Crippen molar-refractivity contribution in [3.05, 3.63) is 77.9 Å². The van der Waals surface area contributed by atoms with Crippen LogP contribution >= 0.6 is 0 Å². The number of aryl methyl sites for hydroxylation is 1. The number of methoxy groups -OCH3 is 2. The summed E-state index contributed by atoms with van der Waals surface area (Å²) in [5, 5.41) is 4.08. The van der Waals surface area contributed by atoms with Crippen LogP contribution in [-0.2, 0) is 0 Å². The molecule has 0 aliphatic rings. The Hall–Kier alpha value is -4.13. The molecule has 0 radical (unpaired) electrons. The molecule has 7 nitrogen and oxygen atoms in total. The third kappa shape index (κ3) is 4.62. The molecule has 0 aliphatic carbocycles. The molecule has 0 bridgehead atoms. The largest absolute Gasteiger partial charge is 0.497 e. The molecular formula is C25H22N2O5. The molecule has 32 heavy (non-hydrogen) atoms. The number of carbonyl (C=O) groups is 1. The first-order valence-corrected chi connectivity index (χ1v) is 9.96. The van der Waals surface area contributed by atoms with Gasteiger partial charge in [-0.3, -0.25) is 4.79 Å². The molecule has 3 aromatic carbocycles. The van der Waals surface area contributed by atoms with Crippen LogP contribution < -0.4 is 14.2 Å². The van der Waals surface area contributed by atoms with E-state index in [0.717, 1.165) is 11.1 Å². The smallest absolute Gasteiger partial charge is 0.258 e. The molecule has 1 aromatic heterocycles. The van der Waals surface area contributed by atoms with Crippen LogP contribution in [0.1, 0.15) is 15.9 Å². The van der Waals surface area contributed by atoms with Gasteiger partial charge in [0.2, 0.25) is 5.82 Å². The maximum Gasteiger partial charge on any atom is 0.258 e. The van der Waals surface area contributed by atoms with Crippen molar-refractivity contribution >= 4 is 5.78 Å². The summed E-state index contributed by atoms with van der Waals surface area (Å²) in [5.74, 6) is 2.21. The molecule has 7 heteroatoms. The second kappa shape index (κ2) is 9.34. The van der Waals surface area contributed by atoms with Crippen molar-refractivity contribution in [3.8, 4) is 40.1 Å². The van der Waals surface area contributed by atoms with Crippen LogP contribution in [0, 0.1) is 6.92 Å². The van der Waals surface area contributed by atoms with E-state index in [2.05, 4.69) is 10.1 Å². The van der Waals surface area contributed by atoms with Gasteiger partial charge in [0.25, 0.3) is 5.89 Å². The number of ether oxygens (including phenoxy) is 3. The first-order valence-electron chi connectivity index (χ1n) is 9.96. The topological polar surface area (TPSA) is 83.7 Å². The van der Waals surface area contributed by atoms with Crippen molar-refractivity contribution in [1.29, 1.82) is 0 Å². The van der Waals surface area contributed by atoms with Crippen molar-refractivity contribution in [3.63, 3.8) is 0 Å². The van der Waals surface area contributed by atoms with Crippen LogP contribution in [0.15, 0.2) is 71.3 Å². The van der Waals surface area contributed by atoms with Crippen LogP contribution in [0.25, 0.3) is 22.8 Å². The van der Waals surface area contributed by atoms with Crippen molar-refractivity contribution in [2.45, 2.75) is 6.92 Å². The molecule has 0 saturated heterocycles. The van der Waals surface area contributed by atoms with E-state index in [9.17, 15) is 4.79 Å². The first kappa shape index (κ1) is 21.1. The number of hydrogen-bond donors (Lipinski definition) is 0. The Bertz CT molecular complexity index is 1250. The molecule has 0 unspecified atom stereocenters. The van der Waals surface area contributed by atoms with E-state index in [0.29, 0.717) is 40.1 Å². The summed E-state index contributed by atoms with van der Waals surface area (Å²) in [6.45, 7) is 1.87. The zero-order valence-electron chi connectivity index (χ0n) is 18.0. The first-order chi connectivity index (χ1) is 15.6. The Kier molecular flexibility index (Phi) is 6.17. The van der Waals surface area contributed by atoms with Gasteiger partial charge in [-0.05, 0) is 49.4 Å². The third-order valence-corrected chi connectivity index (χ3v) is 4.86. The number of carbonyl (C=O) groups excluding carboxylic acids is 1. The van der Waals surface area contributed by atoms with Gasteiger partial charge in [-0.15, -0.1) is 0 Å². The Morgan fingerprint density at radius 3 is 2.53 bits per heavy atom. The fraction of sp³-hybridized carbons (Fsp3) is 0.160. The van der Waals surface area contributed by atoms with E-state index in [1.807, 2.05) is 31.2 Å². The van der Waals surface area contributed by atoms with Gasteiger partial charge in [0.1, 0.15) is 5.75 Å². The zero-order chi connectivity index (χ0) is 22.5. The molecule has 0 amide bonds. The summed E-state index contributed by atoms with van der Waals surface area (Å²) >= 11 is 0. The number of nitrogens with zero attached hydrogens (tertiary/aromatic N) is 2. The van der Waals surface area contributed by atoms with Crippen molar-refractivity contribution in [1.82, 2.24) is 10.1 Å². The Balaban J connectivity index is 1.50. The summed E-state index contributed by atoms with van der Waals surface area (Å²) < 4.78 is 21.7. The van der Waals surface area contributed by atoms with Gasteiger partial charge in [0.05, 0.1) is 14.2 Å². The second-order valence-corrected chi connectivity index (χ2v) is 7.10. The van der Waals surface area contributed by atoms with Crippen molar-refractivity contribution in [2.24, 2.45) is 0 Å². The molecule has 1 heterocycles. The van der Waals surface area contributed by atoms with E-state index in [1.54, 1.807) is 49.6 Å². The number of ketones is 1. The summed E-state index contributed by atoms with van der Waals surface area (Å²) in [5.41, 5.74) is 3.17. The number of benzene rings is 3. The van der Waals surface area contributed by atoms with Crippen LogP contribution in [0.3, 0.4) is 0 Å². The quantitative estimate of drug-likeness (QED) is 0.364. The lowest BCUT2D eigenvalue weighted by molar-refractivity contribution is 0.0919. The molecule has 0 N–H and O–H groups in total. The highest BCUT2D eigenvalue weighted by Crippen LogP contribution is 2.32. The predicted molar refractivity (Wildman–Crippen MR) is 119 cm³/mol. The fourth-order valence-electron chi connectivity index (χ4n) is 3.19. The number of hydrogen-bond acceptors (Lipinski definition) is 7. The molecule has 0 saturated carbocycles. The van der Waals surface area contributed by atoms with Crippen LogP contribution in [-0.4, -0.2) is 36.8 Å². The van der Waals surface area contributed by atoms with Crippen molar-refractivity contribution < 1.29 is 23.5 Å². The van der Waals surface area contributed by atoms with E-state index in [-0.39, 0.29) is 12.4 Å². The second-order valence-electron chi connectivity index (χ2n) is 7.10. The molecule has 4 rings (SSSR count). The fourth-order valence-corrected chi connectivity index (χ4v) is 3.19. The number of rotatable bonds is 8. The van der Waals surface area contributed by atoms with E-state index in [1.165, 1.54) is 7.11 Å². The molecule has 0 aliphatic heterocycles. The lowest BCUT2D eigenvalue weighted by atomic mass is 10.1. The maximum absolute atomic E-state index is 12.5. The van der Waals surface area contributed by atoms with Gasteiger partial charge in [-0.2, -0.15) is 4.98 Å². The molecule has 0 spiro atoms.